The van der Waals surface area contributed by atoms with E-state index in [2.05, 4.69) is 0 Å². The minimum absolute atomic E-state index is 0.0637. The normalized spacial score (nSPS) is 19.4. The molecule has 1 aromatic rings. The Kier molecular flexibility index (Phi) is 4.58. The first-order valence-corrected chi connectivity index (χ1v) is 7.59. The van der Waals surface area contributed by atoms with Crippen molar-refractivity contribution in [1.82, 2.24) is 4.90 Å². The van der Waals surface area contributed by atoms with Crippen LogP contribution in [0, 0.1) is 6.92 Å². The number of aryl methyl sites for hydroxylation is 1. The molecule has 1 saturated heterocycles. The van der Waals surface area contributed by atoms with Crippen molar-refractivity contribution in [2.45, 2.75) is 45.1 Å². The molecule has 2 rings (SSSR count). The zero-order valence-electron chi connectivity index (χ0n) is 11.1. The number of nitrogens with zero attached hydrogens (tertiary/aromatic N) is 1. The lowest BCUT2D eigenvalue weighted by Gasteiger charge is -2.35. The molecular weight excluding hydrogens is 262 g/mol. The van der Waals surface area contributed by atoms with Gasteiger partial charge in [0, 0.05) is 24.4 Å². The second-order valence-electron chi connectivity index (χ2n) is 5.05. The molecule has 19 heavy (non-hydrogen) atoms. The summed E-state index contributed by atoms with van der Waals surface area (Å²) in [6.07, 6.45) is 3.71. The van der Waals surface area contributed by atoms with E-state index in [4.69, 9.17) is 5.11 Å². The van der Waals surface area contributed by atoms with E-state index in [1.807, 2.05) is 22.6 Å². The third-order valence-electron chi connectivity index (χ3n) is 3.67. The standard InChI is InChI=1S/C14H19NO3S/c1-10-8-19-9-12(10)14(18)15-7-3-2-4-11(15)5-6-13(16)17/h8-9,11H,2-7H2,1H3,(H,16,17)/t11-/m1/s1. The van der Waals surface area contributed by atoms with E-state index in [-0.39, 0.29) is 18.4 Å². The van der Waals surface area contributed by atoms with Crippen molar-refractivity contribution < 1.29 is 14.7 Å². The Morgan fingerprint density at radius 2 is 2.21 bits per heavy atom. The zero-order valence-corrected chi connectivity index (χ0v) is 11.9. The van der Waals surface area contributed by atoms with Gasteiger partial charge >= 0.3 is 5.97 Å². The summed E-state index contributed by atoms with van der Waals surface area (Å²) in [7, 11) is 0. The van der Waals surface area contributed by atoms with Gasteiger partial charge in [-0.15, -0.1) is 0 Å². The second-order valence-corrected chi connectivity index (χ2v) is 5.79. The molecule has 0 aliphatic carbocycles. The summed E-state index contributed by atoms with van der Waals surface area (Å²) in [5.41, 5.74) is 1.78. The molecule has 4 nitrogen and oxygen atoms in total. The molecule has 0 aromatic carbocycles. The molecule has 5 heteroatoms. The Bertz CT molecular complexity index is 469. The van der Waals surface area contributed by atoms with E-state index >= 15 is 0 Å². The molecule has 0 radical (unpaired) electrons. The topological polar surface area (TPSA) is 57.6 Å². The number of carbonyl (C=O) groups is 2. The fourth-order valence-corrected chi connectivity index (χ4v) is 3.41. The number of hydrogen-bond donors (Lipinski definition) is 1. The molecule has 1 fully saturated rings. The van der Waals surface area contributed by atoms with Crippen LogP contribution in [0.15, 0.2) is 10.8 Å². The summed E-state index contributed by atoms with van der Waals surface area (Å²) in [5.74, 6) is -0.724. The van der Waals surface area contributed by atoms with E-state index in [1.165, 1.54) is 11.3 Å². The monoisotopic (exact) mass is 281 g/mol. The lowest BCUT2D eigenvalue weighted by Crippen LogP contribution is -2.44. The molecule has 0 spiro atoms. The Morgan fingerprint density at radius 1 is 1.42 bits per heavy atom. The van der Waals surface area contributed by atoms with Crippen molar-refractivity contribution in [2.75, 3.05) is 6.54 Å². The second kappa shape index (κ2) is 6.19. The van der Waals surface area contributed by atoms with Gasteiger partial charge in [0.25, 0.3) is 5.91 Å². The van der Waals surface area contributed by atoms with Crippen molar-refractivity contribution in [2.24, 2.45) is 0 Å². The highest BCUT2D eigenvalue weighted by Crippen LogP contribution is 2.25. The first-order valence-electron chi connectivity index (χ1n) is 6.65. The molecule has 1 N–H and O–H groups in total. The van der Waals surface area contributed by atoms with E-state index in [9.17, 15) is 9.59 Å². The highest BCUT2D eigenvalue weighted by molar-refractivity contribution is 7.08. The van der Waals surface area contributed by atoms with Crippen LogP contribution in [0.1, 0.15) is 48.0 Å². The molecular formula is C14H19NO3S. The molecule has 1 aliphatic heterocycles. The Hall–Kier alpha value is -1.36. The first-order chi connectivity index (χ1) is 9.09. The molecule has 1 aliphatic rings. The summed E-state index contributed by atoms with van der Waals surface area (Å²) in [6.45, 7) is 2.69. The number of carboxylic acids is 1. The summed E-state index contributed by atoms with van der Waals surface area (Å²) < 4.78 is 0. The minimum Gasteiger partial charge on any atom is -0.481 e. The van der Waals surface area contributed by atoms with Crippen LogP contribution in [0.25, 0.3) is 0 Å². The van der Waals surface area contributed by atoms with Crippen LogP contribution in [0.3, 0.4) is 0 Å². The highest BCUT2D eigenvalue weighted by atomic mass is 32.1. The maximum atomic E-state index is 12.5. The Morgan fingerprint density at radius 3 is 2.84 bits per heavy atom. The van der Waals surface area contributed by atoms with Gasteiger partial charge in [-0.3, -0.25) is 9.59 Å². The smallest absolute Gasteiger partial charge is 0.303 e. The average Bonchev–Trinajstić information content (AvgIpc) is 2.82. The number of rotatable bonds is 4. The molecule has 1 atom stereocenters. The quantitative estimate of drug-likeness (QED) is 0.923. The number of aliphatic carboxylic acids is 1. The number of carboxylic acid groups (broad SMARTS) is 1. The van der Waals surface area contributed by atoms with Crippen LogP contribution in [0.5, 0.6) is 0 Å². The average molecular weight is 281 g/mol. The van der Waals surface area contributed by atoms with Crippen molar-refractivity contribution >= 4 is 23.2 Å². The fourth-order valence-electron chi connectivity index (χ4n) is 2.59. The SMILES string of the molecule is Cc1cscc1C(=O)N1CCCC[C@@H]1CCC(=O)O. The molecule has 0 bridgehead atoms. The predicted molar refractivity (Wildman–Crippen MR) is 74.6 cm³/mol. The molecule has 0 saturated carbocycles. The van der Waals surface area contributed by atoms with Crippen LogP contribution in [-0.4, -0.2) is 34.5 Å². The third kappa shape index (κ3) is 3.35. The molecule has 2 heterocycles. The fraction of sp³-hybridized carbons (Fsp3) is 0.571. The van der Waals surface area contributed by atoms with Gasteiger partial charge in [0.05, 0.1) is 5.56 Å². The number of amides is 1. The van der Waals surface area contributed by atoms with Gasteiger partial charge in [0.1, 0.15) is 0 Å². The maximum absolute atomic E-state index is 12.5. The van der Waals surface area contributed by atoms with Crippen molar-refractivity contribution in [3.8, 4) is 0 Å². The summed E-state index contributed by atoms with van der Waals surface area (Å²) >= 11 is 1.54. The lowest BCUT2D eigenvalue weighted by atomic mass is 9.97. The lowest BCUT2D eigenvalue weighted by molar-refractivity contribution is -0.137. The molecule has 0 unspecified atom stereocenters. The van der Waals surface area contributed by atoms with Crippen molar-refractivity contribution in [3.63, 3.8) is 0 Å². The highest BCUT2D eigenvalue weighted by Gasteiger charge is 2.28. The summed E-state index contributed by atoms with van der Waals surface area (Å²) in [5, 5.41) is 12.7. The van der Waals surface area contributed by atoms with E-state index in [1.54, 1.807) is 0 Å². The molecule has 1 amide bonds. The largest absolute Gasteiger partial charge is 0.481 e. The van der Waals surface area contributed by atoms with E-state index in [0.717, 1.165) is 36.9 Å². The zero-order chi connectivity index (χ0) is 13.8. The Labute approximate surface area is 117 Å². The van der Waals surface area contributed by atoms with E-state index < -0.39 is 5.97 Å². The van der Waals surface area contributed by atoms with Gasteiger partial charge < -0.3 is 10.0 Å². The predicted octanol–water partition coefficient (Wildman–Crippen LogP) is 2.92. The number of thiophene rings is 1. The van der Waals surface area contributed by atoms with Gasteiger partial charge in [-0.25, -0.2) is 0 Å². The van der Waals surface area contributed by atoms with Gasteiger partial charge in [-0.2, -0.15) is 11.3 Å². The maximum Gasteiger partial charge on any atom is 0.303 e. The van der Waals surface area contributed by atoms with Gasteiger partial charge in [-0.1, -0.05) is 0 Å². The van der Waals surface area contributed by atoms with Crippen LogP contribution in [0.4, 0.5) is 0 Å². The van der Waals surface area contributed by atoms with Gasteiger partial charge in [-0.05, 0) is 43.6 Å². The van der Waals surface area contributed by atoms with Crippen molar-refractivity contribution in [3.05, 3.63) is 21.9 Å². The van der Waals surface area contributed by atoms with Crippen LogP contribution >= 0.6 is 11.3 Å². The number of piperidine rings is 1. The number of likely N-dealkylation sites (tertiary alicyclic amines) is 1. The molecule has 104 valence electrons. The minimum atomic E-state index is -0.787. The number of carbonyl (C=O) groups excluding carboxylic acids is 1. The van der Waals surface area contributed by atoms with Crippen LogP contribution in [0.2, 0.25) is 0 Å². The van der Waals surface area contributed by atoms with Gasteiger partial charge in [0.2, 0.25) is 0 Å². The van der Waals surface area contributed by atoms with Gasteiger partial charge in [0.15, 0.2) is 0 Å². The van der Waals surface area contributed by atoms with E-state index in [0.29, 0.717) is 6.42 Å². The van der Waals surface area contributed by atoms with Crippen molar-refractivity contribution in [1.29, 1.82) is 0 Å². The Balaban J connectivity index is 2.08. The third-order valence-corrected chi connectivity index (χ3v) is 4.53. The summed E-state index contributed by atoms with van der Waals surface area (Å²) in [4.78, 5) is 25.1. The van der Waals surface area contributed by atoms with Crippen LogP contribution in [-0.2, 0) is 4.79 Å². The summed E-state index contributed by atoms with van der Waals surface area (Å²) in [6, 6.07) is 0.0802. The first kappa shape index (κ1) is 14.1. The van der Waals surface area contributed by atoms with Crippen LogP contribution < -0.4 is 0 Å². The molecule has 1 aromatic heterocycles. The number of hydrogen-bond acceptors (Lipinski definition) is 3.